The van der Waals surface area contributed by atoms with Crippen molar-refractivity contribution in [1.82, 2.24) is 5.32 Å². The number of carbonyl (C=O) groups is 1. The maximum atomic E-state index is 12.7. The van der Waals surface area contributed by atoms with Gasteiger partial charge in [0.1, 0.15) is 5.82 Å². The zero-order chi connectivity index (χ0) is 14.5. The van der Waals surface area contributed by atoms with Crippen LogP contribution in [0.4, 0.5) is 4.39 Å². The van der Waals surface area contributed by atoms with E-state index in [2.05, 4.69) is 5.32 Å². The maximum Gasteiger partial charge on any atom is 0.220 e. The van der Waals surface area contributed by atoms with Gasteiger partial charge in [-0.15, -0.1) is 0 Å². The minimum atomic E-state index is -0.897. The summed E-state index contributed by atoms with van der Waals surface area (Å²) in [5, 5.41) is 12.7. The molecule has 1 amide bonds. The molecule has 2 N–H and O–H groups in total. The standard InChI is InChI=1S/C15H22FNO2/c1-11(2)15(3,19)10-17-14(18)9-6-12-4-7-13(16)8-5-12/h4-5,7-8,11,19H,6,9-10H2,1-3H3,(H,17,18). The number of aliphatic hydroxyl groups is 1. The maximum absolute atomic E-state index is 12.7. The Hall–Kier alpha value is -1.42. The van der Waals surface area contributed by atoms with Gasteiger partial charge >= 0.3 is 0 Å². The van der Waals surface area contributed by atoms with Crippen molar-refractivity contribution in [3.63, 3.8) is 0 Å². The van der Waals surface area contributed by atoms with E-state index < -0.39 is 5.60 Å². The highest BCUT2D eigenvalue weighted by atomic mass is 19.1. The fourth-order valence-electron chi connectivity index (χ4n) is 1.48. The van der Waals surface area contributed by atoms with E-state index in [1.54, 1.807) is 19.1 Å². The molecule has 0 aliphatic carbocycles. The van der Waals surface area contributed by atoms with Gasteiger partial charge in [-0.1, -0.05) is 26.0 Å². The molecular weight excluding hydrogens is 245 g/mol. The predicted molar refractivity (Wildman–Crippen MR) is 73.2 cm³/mol. The largest absolute Gasteiger partial charge is 0.388 e. The number of aryl methyl sites for hydroxylation is 1. The molecular formula is C15H22FNO2. The van der Waals surface area contributed by atoms with Crippen molar-refractivity contribution in [2.45, 2.75) is 39.2 Å². The number of hydrogen-bond donors (Lipinski definition) is 2. The molecule has 19 heavy (non-hydrogen) atoms. The summed E-state index contributed by atoms with van der Waals surface area (Å²) in [4.78, 5) is 11.7. The molecule has 0 radical (unpaired) electrons. The molecule has 0 aliphatic rings. The van der Waals surface area contributed by atoms with Gasteiger partial charge in [0.05, 0.1) is 5.60 Å². The highest BCUT2D eigenvalue weighted by Gasteiger charge is 2.25. The van der Waals surface area contributed by atoms with Crippen molar-refractivity contribution in [2.75, 3.05) is 6.54 Å². The van der Waals surface area contributed by atoms with Gasteiger partial charge in [0.2, 0.25) is 5.91 Å². The molecule has 0 saturated heterocycles. The monoisotopic (exact) mass is 267 g/mol. The van der Waals surface area contributed by atoms with E-state index in [1.165, 1.54) is 12.1 Å². The van der Waals surface area contributed by atoms with Crippen LogP contribution in [-0.4, -0.2) is 23.2 Å². The van der Waals surface area contributed by atoms with Crippen LogP contribution in [0, 0.1) is 11.7 Å². The molecule has 0 bridgehead atoms. The Morgan fingerprint density at radius 1 is 1.37 bits per heavy atom. The molecule has 3 nitrogen and oxygen atoms in total. The molecule has 1 aromatic rings. The molecule has 0 aromatic heterocycles. The highest BCUT2D eigenvalue weighted by molar-refractivity contribution is 5.76. The third kappa shape index (κ3) is 5.39. The fourth-order valence-corrected chi connectivity index (χ4v) is 1.48. The molecule has 0 heterocycles. The second kappa shape index (κ2) is 6.66. The predicted octanol–water partition coefficient (Wildman–Crippen LogP) is 2.28. The third-order valence-corrected chi connectivity index (χ3v) is 3.44. The second-order valence-corrected chi connectivity index (χ2v) is 5.42. The Kier molecular flexibility index (Phi) is 5.48. The van der Waals surface area contributed by atoms with Crippen LogP contribution in [0.15, 0.2) is 24.3 Å². The van der Waals surface area contributed by atoms with Crippen LogP contribution in [0.1, 0.15) is 32.8 Å². The van der Waals surface area contributed by atoms with Crippen LogP contribution in [0.3, 0.4) is 0 Å². The van der Waals surface area contributed by atoms with Crippen LogP contribution >= 0.6 is 0 Å². The average molecular weight is 267 g/mol. The molecule has 1 atom stereocenters. The van der Waals surface area contributed by atoms with Crippen molar-refractivity contribution in [3.05, 3.63) is 35.6 Å². The Morgan fingerprint density at radius 2 is 1.95 bits per heavy atom. The molecule has 0 spiro atoms. The van der Waals surface area contributed by atoms with E-state index >= 15 is 0 Å². The van der Waals surface area contributed by atoms with E-state index in [1.807, 2.05) is 13.8 Å². The number of carbonyl (C=O) groups excluding carboxylic acids is 1. The summed E-state index contributed by atoms with van der Waals surface area (Å²) >= 11 is 0. The Bertz CT molecular complexity index is 413. The third-order valence-electron chi connectivity index (χ3n) is 3.44. The number of nitrogens with one attached hydrogen (secondary N) is 1. The summed E-state index contributed by atoms with van der Waals surface area (Å²) in [5.74, 6) is -0.309. The normalized spacial score (nSPS) is 14.2. The lowest BCUT2D eigenvalue weighted by molar-refractivity contribution is -0.122. The first-order valence-electron chi connectivity index (χ1n) is 6.55. The lowest BCUT2D eigenvalue weighted by Crippen LogP contribution is -2.44. The second-order valence-electron chi connectivity index (χ2n) is 5.42. The first-order valence-corrected chi connectivity index (χ1v) is 6.55. The van der Waals surface area contributed by atoms with Gasteiger partial charge in [0.15, 0.2) is 0 Å². The van der Waals surface area contributed by atoms with Gasteiger partial charge in [-0.05, 0) is 37.0 Å². The minimum absolute atomic E-state index is 0.0740. The van der Waals surface area contributed by atoms with Gasteiger partial charge in [-0.25, -0.2) is 4.39 Å². The Labute approximate surface area is 113 Å². The van der Waals surface area contributed by atoms with Crippen molar-refractivity contribution in [3.8, 4) is 0 Å². The van der Waals surface area contributed by atoms with E-state index in [0.717, 1.165) is 5.56 Å². The molecule has 0 saturated carbocycles. The van der Waals surface area contributed by atoms with Crippen LogP contribution < -0.4 is 5.32 Å². The zero-order valence-corrected chi connectivity index (χ0v) is 11.7. The molecule has 4 heteroatoms. The smallest absolute Gasteiger partial charge is 0.220 e. The first-order chi connectivity index (χ1) is 8.81. The molecule has 1 aromatic carbocycles. The Balaban J connectivity index is 2.34. The summed E-state index contributed by atoms with van der Waals surface area (Å²) < 4.78 is 12.7. The fraction of sp³-hybridized carbons (Fsp3) is 0.533. The lowest BCUT2D eigenvalue weighted by atomic mass is 9.92. The molecule has 0 aliphatic heterocycles. The van der Waals surface area contributed by atoms with Crippen LogP contribution in [0.25, 0.3) is 0 Å². The van der Waals surface area contributed by atoms with Gasteiger partial charge in [0, 0.05) is 13.0 Å². The van der Waals surface area contributed by atoms with Crippen molar-refractivity contribution >= 4 is 5.91 Å². The number of halogens is 1. The first kappa shape index (κ1) is 15.6. The zero-order valence-electron chi connectivity index (χ0n) is 11.7. The number of amides is 1. The van der Waals surface area contributed by atoms with Gasteiger partial charge in [-0.3, -0.25) is 4.79 Å². The van der Waals surface area contributed by atoms with Crippen LogP contribution in [0.5, 0.6) is 0 Å². The number of rotatable bonds is 6. The van der Waals surface area contributed by atoms with Crippen molar-refractivity contribution in [1.29, 1.82) is 0 Å². The minimum Gasteiger partial charge on any atom is -0.388 e. The van der Waals surface area contributed by atoms with E-state index in [4.69, 9.17) is 0 Å². The van der Waals surface area contributed by atoms with Crippen molar-refractivity contribution < 1.29 is 14.3 Å². The molecule has 106 valence electrons. The van der Waals surface area contributed by atoms with E-state index in [9.17, 15) is 14.3 Å². The lowest BCUT2D eigenvalue weighted by Gasteiger charge is -2.27. The number of benzene rings is 1. The molecule has 1 rings (SSSR count). The van der Waals surface area contributed by atoms with E-state index in [0.29, 0.717) is 12.8 Å². The molecule has 0 fully saturated rings. The molecule has 1 unspecified atom stereocenters. The summed E-state index contributed by atoms with van der Waals surface area (Å²) in [5.41, 5.74) is 0.0260. The summed E-state index contributed by atoms with van der Waals surface area (Å²) in [7, 11) is 0. The van der Waals surface area contributed by atoms with Gasteiger partial charge < -0.3 is 10.4 Å². The quantitative estimate of drug-likeness (QED) is 0.830. The van der Waals surface area contributed by atoms with Gasteiger partial charge in [-0.2, -0.15) is 0 Å². The van der Waals surface area contributed by atoms with Crippen LogP contribution in [-0.2, 0) is 11.2 Å². The number of hydrogen-bond acceptors (Lipinski definition) is 2. The highest BCUT2D eigenvalue weighted by Crippen LogP contribution is 2.14. The topological polar surface area (TPSA) is 49.3 Å². The summed E-state index contributed by atoms with van der Waals surface area (Å²) in [6.07, 6.45) is 0.899. The summed E-state index contributed by atoms with van der Waals surface area (Å²) in [6, 6.07) is 6.12. The Morgan fingerprint density at radius 3 is 2.47 bits per heavy atom. The SMILES string of the molecule is CC(C)C(C)(O)CNC(=O)CCc1ccc(F)cc1. The van der Waals surface area contributed by atoms with Crippen molar-refractivity contribution in [2.24, 2.45) is 5.92 Å². The van der Waals surface area contributed by atoms with Crippen LogP contribution in [0.2, 0.25) is 0 Å². The van der Waals surface area contributed by atoms with E-state index in [-0.39, 0.29) is 24.2 Å². The summed E-state index contributed by atoms with van der Waals surface area (Å²) in [6.45, 7) is 5.76. The average Bonchev–Trinajstić information content (AvgIpc) is 2.35. The van der Waals surface area contributed by atoms with Gasteiger partial charge in [0.25, 0.3) is 0 Å².